The summed E-state index contributed by atoms with van der Waals surface area (Å²) in [5.74, 6) is 0.0364. The van der Waals surface area contributed by atoms with Crippen molar-refractivity contribution in [2.45, 2.75) is 52.6 Å². The molecule has 2 aromatic rings. The Labute approximate surface area is 136 Å². The molecule has 0 bridgehead atoms. The molecule has 0 saturated carbocycles. The van der Waals surface area contributed by atoms with Crippen molar-refractivity contribution < 1.29 is 4.79 Å². The molecule has 1 saturated heterocycles. The third kappa shape index (κ3) is 3.25. The van der Waals surface area contributed by atoms with Crippen molar-refractivity contribution in [1.82, 2.24) is 24.6 Å². The molecule has 6 nitrogen and oxygen atoms in total. The number of likely N-dealkylation sites (tertiary alicyclic amines) is 1. The SMILES string of the molecule is Cc1cc(C)n(C[C@@H]2CCCCN2C(=O)c2cncnc2C)n1. The molecule has 1 aliphatic rings. The maximum absolute atomic E-state index is 12.9. The summed E-state index contributed by atoms with van der Waals surface area (Å²) in [5.41, 5.74) is 3.50. The Bertz CT molecular complexity index is 709. The predicted octanol–water partition coefficient (Wildman–Crippen LogP) is 2.29. The summed E-state index contributed by atoms with van der Waals surface area (Å²) in [6.45, 7) is 7.45. The van der Waals surface area contributed by atoms with Crippen molar-refractivity contribution in [1.29, 1.82) is 0 Å². The van der Waals surface area contributed by atoms with Crippen LogP contribution in [0.1, 0.15) is 46.7 Å². The predicted molar refractivity (Wildman–Crippen MR) is 87.1 cm³/mol. The third-order valence-corrected chi connectivity index (χ3v) is 4.52. The number of carbonyl (C=O) groups excluding carboxylic acids is 1. The van der Waals surface area contributed by atoms with Gasteiger partial charge < -0.3 is 4.90 Å². The van der Waals surface area contributed by atoms with Crippen LogP contribution >= 0.6 is 0 Å². The average Bonchev–Trinajstić information content (AvgIpc) is 2.85. The van der Waals surface area contributed by atoms with Gasteiger partial charge in [0.15, 0.2) is 0 Å². The van der Waals surface area contributed by atoms with E-state index in [4.69, 9.17) is 0 Å². The Kier molecular flexibility index (Phi) is 4.41. The Morgan fingerprint density at radius 3 is 2.83 bits per heavy atom. The van der Waals surface area contributed by atoms with Crippen molar-refractivity contribution >= 4 is 5.91 Å². The largest absolute Gasteiger partial charge is 0.334 e. The number of hydrogen-bond acceptors (Lipinski definition) is 4. The highest BCUT2D eigenvalue weighted by Gasteiger charge is 2.29. The molecule has 3 rings (SSSR count). The number of piperidine rings is 1. The van der Waals surface area contributed by atoms with E-state index in [1.165, 1.54) is 6.33 Å². The first-order chi connectivity index (χ1) is 11.1. The van der Waals surface area contributed by atoms with Crippen LogP contribution in [-0.4, -0.2) is 43.1 Å². The molecule has 0 unspecified atom stereocenters. The number of carbonyl (C=O) groups is 1. The van der Waals surface area contributed by atoms with Gasteiger partial charge in [-0.15, -0.1) is 0 Å². The zero-order chi connectivity index (χ0) is 16.4. The van der Waals surface area contributed by atoms with Gasteiger partial charge in [0.2, 0.25) is 0 Å². The summed E-state index contributed by atoms with van der Waals surface area (Å²) < 4.78 is 2.01. The van der Waals surface area contributed by atoms with Crippen molar-refractivity contribution in [3.05, 3.63) is 41.2 Å². The van der Waals surface area contributed by atoms with Crippen molar-refractivity contribution in [3.63, 3.8) is 0 Å². The molecular weight excluding hydrogens is 290 g/mol. The summed E-state index contributed by atoms with van der Waals surface area (Å²) in [7, 11) is 0. The third-order valence-electron chi connectivity index (χ3n) is 4.52. The van der Waals surface area contributed by atoms with Crippen LogP contribution in [0.2, 0.25) is 0 Å². The topological polar surface area (TPSA) is 63.9 Å². The molecule has 6 heteroatoms. The molecule has 1 aliphatic heterocycles. The van der Waals surface area contributed by atoms with E-state index in [2.05, 4.69) is 28.1 Å². The summed E-state index contributed by atoms with van der Waals surface area (Å²) in [6.07, 6.45) is 6.32. The maximum atomic E-state index is 12.9. The van der Waals surface area contributed by atoms with Crippen LogP contribution in [0, 0.1) is 20.8 Å². The van der Waals surface area contributed by atoms with Gasteiger partial charge in [-0.2, -0.15) is 5.10 Å². The van der Waals surface area contributed by atoms with Crippen LogP contribution in [-0.2, 0) is 6.54 Å². The van der Waals surface area contributed by atoms with E-state index >= 15 is 0 Å². The molecule has 0 spiro atoms. The van der Waals surface area contributed by atoms with Crippen LogP contribution in [0.5, 0.6) is 0 Å². The van der Waals surface area contributed by atoms with E-state index in [-0.39, 0.29) is 11.9 Å². The zero-order valence-corrected chi connectivity index (χ0v) is 14.0. The molecule has 1 amide bonds. The first kappa shape index (κ1) is 15.6. The van der Waals surface area contributed by atoms with Crippen LogP contribution in [0.15, 0.2) is 18.6 Å². The van der Waals surface area contributed by atoms with E-state index in [0.29, 0.717) is 5.56 Å². The number of hydrogen-bond donors (Lipinski definition) is 0. The molecule has 122 valence electrons. The van der Waals surface area contributed by atoms with Gasteiger partial charge >= 0.3 is 0 Å². The molecule has 1 fully saturated rings. The van der Waals surface area contributed by atoms with Crippen LogP contribution in [0.25, 0.3) is 0 Å². The Hall–Kier alpha value is -2.24. The highest BCUT2D eigenvalue weighted by molar-refractivity contribution is 5.95. The van der Waals surface area contributed by atoms with Crippen LogP contribution in [0.3, 0.4) is 0 Å². The number of aryl methyl sites for hydroxylation is 3. The smallest absolute Gasteiger partial charge is 0.257 e. The molecular formula is C17H23N5O. The van der Waals surface area contributed by atoms with Gasteiger partial charge in [0.1, 0.15) is 6.33 Å². The molecule has 0 radical (unpaired) electrons. The number of aromatic nitrogens is 4. The van der Waals surface area contributed by atoms with Crippen molar-refractivity contribution in [3.8, 4) is 0 Å². The minimum absolute atomic E-state index is 0.0364. The Morgan fingerprint density at radius 1 is 1.30 bits per heavy atom. The molecule has 0 aliphatic carbocycles. The van der Waals surface area contributed by atoms with Crippen molar-refractivity contribution in [2.24, 2.45) is 0 Å². The zero-order valence-electron chi connectivity index (χ0n) is 14.0. The van der Waals surface area contributed by atoms with Crippen LogP contribution < -0.4 is 0 Å². The average molecular weight is 313 g/mol. The number of amides is 1. The van der Waals surface area contributed by atoms with Gasteiger partial charge in [-0.25, -0.2) is 9.97 Å². The highest BCUT2D eigenvalue weighted by atomic mass is 16.2. The lowest BCUT2D eigenvalue weighted by Crippen LogP contribution is -2.46. The van der Waals surface area contributed by atoms with Crippen molar-refractivity contribution in [2.75, 3.05) is 6.54 Å². The summed E-state index contributed by atoms with van der Waals surface area (Å²) in [6, 6.07) is 2.25. The molecule has 2 aromatic heterocycles. The number of nitrogens with zero attached hydrogens (tertiary/aromatic N) is 5. The molecule has 3 heterocycles. The summed E-state index contributed by atoms with van der Waals surface area (Å²) in [4.78, 5) is 23.1. The fraction of sp³-hybridized carbons (Fsp3) is 0.529. The van der Waals surface area contributed by atoms with Crippen LogP contribution in [0.4, 0.5) is 0 Å². The highest BCUT2D eigenvalue weighted by Crippen LogP contribution is 2.22. The summed E-state index contributed by atoms with van der Waals surface area (Å²) >= 11 is 0. The second kappa shape index (κ2) is 6.48. The van der Waals surface area contributed by atoms with Gasteiger partial charge in [-0.1, -0.05) is 0 Å². The van der Waals surface area contributed by atoms with Gasteiger partial charge in [-0.05, 0) is 46.1 Å². The van der Waals surface area contributed by atoms with E-state index < -0.39 is 0 Å². The van der Waals surface area contributed by atoms with E-state index in [1.807, 2.05) is 23.4 Å². The Balaban J connectivity index is 1.83. The minimum atomic E-state index is 0.0364. The minimum Gasteiger partial charge on any atom is -0.334 e. The van der Waals surface area contributed by atoms with Gasteiger partial charge in [0.05, 0.1) is 29.5 Å². The van der Waals surface area contributed by atoms with E-state index in [9.17, 15) is 4.79 Å². The fourth-order valence-corrected chi connectivity index (χ4v) is 3.27. The van der Waals surface area contributed by atoms with Gasteiger partial charge in [0, 0.05) is 18.4 Å². The van der Waals surface area contributed by atoms with E-state index in [0.717, 1.165) is 49.4 Å². The van der Waals surface area contributed by atoms with Gasteiger partial charge in [-0.3, -0.25) is 9.48 Å². The first-order valence-electron chi connectivity index (χ1n) is 8.15. The lowest BCUT2D eigenvalue weighted by molar-refractivity contribution is 0.0581. The lowest BCUT2D eigenvalue weighted by atomic mass is 10.0. The molecule has 23 heavy (non-hydrogen) atoms. The van der Waals surface area contributed by atoms with E-state index in [1.54, 1.807) is 6.20 Å². The lowest BCUT2D eigenvalue weighted by Gasteiger charge is -2.36. The quantitative estimate of drug-likeness (QED) is 0.872. The molecule has 0 N–H and O–H groups in total. The molecule has 1 atom stereocenters. The molecule has 0 aromatic carbocycles. The maximum Gasteiger partial charge on any atom is 0.257 e. The normalized spacial score (nSPS) is 18.2. The first-order valence-corrected chi connectivity index (χ1v) is 8.15. The second-order valence-electron chi connectivity index (χ2n) is 6.28. The fourth-order valence-electron chi connectivity index (χ4n) is 3.27. The second-order valence-corrected chi connectivity index (χ2v) is 6.28. The standard InChI is InChI=1S/C17H23N5O/c1-12-8-13(2)22(20-12)10-15-6-4-5-7-21(15)17(23)16-9-18-11-19-14(16)3/h8-9,11,15H,4-7,10H2,1-3H3/t15-/m0/s1. The Morgan fingerprint density at radius 2 is 2.13 bits per heavy atom. The monoisotopic (exact) mass is 313 g/mol. The summed E-state index contributed by atoms with van der Waals surface area (Å²) in [5, 5.41) is 4.54. The number of rotatable bonds is 3. The van der Waals surface area contributed by atoms with Gasteiger partial charge in [0.25, 0.3) is 5.91 Å².